The highest BCUT2D eigenvalue weighted by molar-refractivity contribution is 9.10. The van der Waals surface area contributed by atoms with Gasteiger partial charge in [0.15, 0.2) is 0 Å². The van der Waals surface area contributed by atoms with E-state index in [9.17, 15) is 0 Å². The number of benzene rings is 4. The summed E-state index contributed by atoms with van der Waals surface area (Å²) in [6.45, 7) is 13.2. The zero-order chi connectivity index (χ0) is 43.4. The van der Waals surface area contributed by atoms with Gasteiger partial charge < -0.3 is 42.2 Å². The lowest BCUT2D eigenvalue weighted by atomic mass is 9.81. The Morgan fingerprint density at radius 1 is 0.567 bits per heavy atom. The predicted octanol–water partition coefficient (Wildman–Crippen LogP) is 13.2. The second-order valence-electron chi connectivity index (χ2n) is 16.9. The van der Waals surface area contributed by atoms with Gasteiger partial charge in [0.05, 0.1) is 69.7 Å². The number of H-pyrrole nitrogens is 1. The van der Waals surface area contributed by atoms with E-state index in [1.807, 2.05) is 18.2 Å². The van der Waals surface area contributed by atoms with Gasteiger partial charge in [-0.2, -0.15) is 0 Å². The molecule has 8 rings (SSSR count). The average molecular weight is 922 g/mol. The summed E-state index contributed by atoms with van der Waals surface area (Å²) in [6.07, 6.45) is 1.25. The lowest BCUT2D eigenvalue weighted by Crippen LogP contribution is -2.14. The third-order valence-electron chi connectivity index (χ3n) is 11.3. The Balaban J connectivity index is 0.00000176. The van der Waals surface area contributed by atoms with Crippen molar-refractivity contribution in [3.8, 4) is 45.6 Å². The number of alkyl halides is 2. The van der Waals surface area contributed by atoms with Gasteiger partial charge >= 0.3 is 0 Å². The van der Waals surface area contributed by atoms with Crippen molar-refractivity contribution in [2.24, 2.45) is 0 Å². The molecule has 318 valence electrons. The van der Waals surface area contributed by atoms with Gasteiger partial charge in [-0.3, -0.25) is 0 Å². The predicted molar refractivity (Wildman–Crippen MR) is 246 cm³/mol. The fraction of sp³-hybridized carbons (Fsp3) is 0.375. The molecular formula is C48H52BrCl2NO8. The van der Waals surface area contributed by atoms with E-state index < -0.39 is 0 Å². The van der Waals surface area contributed by atoms with E-state index in [-0.39, 0.29) is 16.2 Å². The van der Waals surface area contributed by atoms with Crippen molar-refractivity contribution in [1.29, 1.82) is 0 Å². The number of ether oxygens (including phenoxy) is 6. The van der Waals surface area contributed by atoms with Crippen molar-refractivity contribution in [3.63, 3.8) is 0 Å². The van der Waals surface area contributed by atoms with Gasteiger partial charge in [-0.05, 0) is 28.5 Å². The Morgan fingerprint density at radius 2 is 0.950 bits per heavy atom. The molecule has 9 nitrogen and oxygen atoms in total. The van der Waals surface area contributed by atoms with Crippen LogP contribution in [-0.4, -0.2) is 53.0 Å². The first-order valence-electron chi connectivity index (χ1n) is 19.6. The second-order valence-corrected chi connectivity index (χ2v) is 18.6. The minimum absolute atomic E-state index is 0.194. The van der Waals surface area contributed by atoms with Gasteiger partial charge in [-0.25, -0.2) is 0 Å². The molecule has 0 aliphatic carbocycles. The Hall–Kier alpha value is -4.64. The molecule has 1 aliphatic rings. The van der Waals surface area contributed by atoms with Crippen LogP contribution in [0.2, 0.25) is 0 Å². The third kappa shape index (κ3) is 7.32. The van der Waals surface area contributed by atoms with Crippen LogP contribution in [0.3, 0.4) is 0 Å². The second kappa shape index (κ2) is 16.7. The van der Waals surface area contributed by atoms with E-state index >= 15 is 0 Å². The molecule has 4 heterocycles. The number of aromatic amines is 1. The highest BCUT2D eigenvalue weighted by Gasteiger charge is 2.36. The Morgan fingerprint density at radius 3 is 1.37 bits per heavy atom. The molecule has 1 aliphatic heterocycles. The largest absolute Gasteiger partial charge is 0.496 e. The maximum atomic E-state index is 7.20. The molecule has 60 heavy (non-hydrogen) atoms. The van der Waals surface area contributed by atoms with Crippen LogP contribution in [0.1, 0.15) is 86.6 Å². The van der Waals surface area contributed by atoms with E-state index in [1.54, 1.807) is 42.7 Å². The summed E-state index contributed by atoms with van der Waals surface area (Å²) in [5.41, 5.74) is 9.35. The quantitative estimate of drug-likeness (QED) is 0.158. The molecular weight excluding hydrogens is 869 g/mol. The topological polar surface area (TPSA) is 97.5 Å². The average Bonchev–Trinajstić information content (AvgIpc) is 3.91. The minimum atomic E-state index is -0.350. The number of furan rings is 2. The fourth-order valence-corrected chi connectivity index (χ4v) is 9.26. The number of fused-ring (bicyclic) bond motifs is 3. The molecule has 0 atom stereocenters. The molecule has 0 fully saturated rings. The summed E-state index contributed by atoms with van der Waals surface area (Å²) in [4.78, 5) is 3.92. The number of nitrogens with one attached hydrogen (secondary N) is 1. The van der Waals surface area contributed by atoms with E-state index in [1.165, 1.54) is 0 Å². The van der Waals surface area contributed by atoms with Crippen LogP contribution in [0.5, 0.6) is 34.5 Å². The van der Waals surface area contributed by atoms with Crippen LogP contribution < -0.4 is 28.4 Å². The summed E-state index contributed by atoms with van der Waals surface area (Å²) in [6, 6.07) is 14.3. The monoisotopic (exact) mass is 919 g/mol. The lowest BCUT2D eigenvalue weighted by Gasteiger charge is -2.22. The van der Waals surface area contributed by atoms with Gasteiger partial charge in [0.1, 0.15) is 57.2 Å². The smallest absolute Gasteiger partial charge is 0.145 e. The van der Waals surface area contributed by atoms with Crippen LogP contribution in [0, 0.1) is 0 Å². The minimum Gasteiger partial charge on any atom is -0.496 e. The molecule has 0 saturated heterocycles. The van der Waals surface area contributed by atoms with Crippen molar-refractivity contribution < 1.29 is 37.3 Å². The SMILES string of the molecule is COc1cc(OC)c2c(-c3ccc(Br)cc3)c3[nH]c2c1Cc1oc2c(c(OC)cc(OC)c2c1C(C)(C)C)Cc1oc2c(c(OC)cc(OC)c2c1C(C)(C)C)C3.ClCCl. The maximum absolute atomic E-state index is 7.20. The maximum Gasteiger partial charge on any atom is 0.145 e. The molecule has 0 unspecified atom stereocenters. The summed E-state index contributed by atoms with van der Waals surface area (Å²) in [5.74, 6) is 5.60. The van der Waals surface area contributed by atoms with Crippen LogP contribution in [0.4, 0.5) is 0 Å². The van der Waals surface area contributed by atoms with E-state index in [0.717, 1.165) is 82.3 Å². The number of halogens is 3. The summed E-state index contributed by atoms with van der Waals surface area (Å²) < 4.78 is 52.4. The van der Waals surface area contributed by atoms with Crippen molar-refractivity contribution in [2.45, 2.75) is 71.6 Å². The van der Waals surface area contributed by atoms with Gasteiger partial charge in [0.2, 0.25) is 0 Å². The van der Waals surface area contributed by atoms with Crippen LogP contribution in [0.15, 0.2) is 55.8 Å². The number of hydrogen-bond acceptors (Lipinski definition) is 8. The molecule has 4 aromatic carbocycles. The molecule has 0 radical (unpaired) electrons. The first-order chi connectivity index (χ1) is 28.6. The number of hydrogen-bond donors (Lipinski definition) is 1. The van der Waals surface area contributed by atoms with Gasteiger partial charge in [-0.1, -0.05) is 69.6 Å². The van der Waals surface area contributed by atoms with E-state index in [2.05, 4.69) is 86.7 Å². The van der Waals surface area contributed by atoms with E-state index in [4.69, 9.17) is 60.5 Å². The van der Waals surface area contributed by atoms with Crippen LogP contribution in [-0.2, 0) is 30.1 Å². The van der Waals surface area contributed by atoms with E-state index in [0.29, 0.717) is 64.9 Å². The molecule has 3 aromatic heterocycles. The Kier molecular flexibility index (Phi) is 12.1. The van der Waals surface area contributed by atoms with Crippen molar-refractivity contribution in [1.82, 2.24) is 4.98 Å². The summed E-state index contributed by atoms with van der Waals surface area (Å²) in [5, 5.41) is 2.94. The first kappa shape index (κ1) is 43.4. The molecule has 6 bridgehead atoms. The normalized spacial score (nSPS) is 12.8. The third-order valence-corrected chi connectivity index (χ3v) is 11.8. The number of rotatable bonds is 7. The number of aromatic nitrogens is 1. The van der Waals surface area contributed by atoms with Crippen molar-refractivity contribution in [3.05, 3.63) is 92.0 Å². The Labute approximate surface area is 369 Å². The molecule has 12 heteroatoms. The summed E-state index contributed by atoms with van der Waals surface area (Å²) >= 11 is 13.2. The standard InChI is InChI=1S/C47H50BrNO8.CH2Cl2/c1-46(2,3)41-35-18-25-29(50-7)20-32(53-10)38-37(23-13-15-24(48)16-14-23)28(49-43(25)38)17-26-30(51-8)21-33(54-11)39-42(47(4,5)6)36(57-44(26)39)19-27-31(52-9)22-34(55-12)40(41)45(27)56-35;2-1-3/h13-16,20-22,49H,17-19H2,1-12H3;1H2. The van der Waals surface area contributed by atoms with Crippen LogP contribution in [0.25, 0.3) is 44.0 Å². The zero-order valence-corrected chi connectivity index (χ0v) is 39.4. The van der Waals surface area contributed by atoms with Gasteiger partial charge in [0.25, 0.3) is 0 Å². The molecule has 7 aromatic rings. The highest BCUT2D eigenvalue weighted by Crippen LogP contribution is 2.52. The van der Waals surface area contributed by atoms with Crippen LogP contribution >= 0.6 is 39.1 Å². The Bertz CT molecular complexity index is 2720. The summed E-state index contributed by atoms with van der Waals surface area (Å²) in [7, 11) is 10.1. The molecule has 0 amide bonds. The lowest BCUT2D eigenvalue weighted by molar-refractivity contribution is 0.391. The van der Waals surface area contributed by atoms with Gasteiger partial charge in [-0.15, -0.1) is 23.2 Å². The fourth-order valence-electron chi connectivity index (χ4n) is 9.00. The number of methoxy groups -OCH3 is 6. The highest BCUT2D eigenvalue weighted by atomic mass is 79.9. The molecule has 0 saturated carbocycles. The van der Waals surface area contributed by atoms with Gasteiger partial charge in [0, 0.05) is 81.0 Å². The zero-order valence-electron chi connectivity index (χ0n) is 36.3. The molecule has 1 N–H and O–H groups in total. The van der Waals surface area contributed by atoms with Crippen molar-refractivity contribution >= 4 is 72.0 Å². The molecule has 0 spiro atoms. The van der Waals surface area contributed by atoms with Crippen molar-refractivity contribution in [2.75, 3.05) is 48.0 Å². The first-order valence-corrected chi connectivity index (χ1v) is 21.5.